The Labute approximate surface area is 156 Å². The van der Waals surface area contributed by atoms with Gasteiger partial charge in [0.25, 0.3) is 0 Å². The van der Waals surface area contributed by atoms with Crippen LogP contribution in [0.1, 0.15) is 39.1 Å². The summed E-state index contributed by atoms with van der Waals surface area (Å²) in [6, 6.07) is 3.72. The van der Waals surface area contributed by atoms with E-state index in [0.29, 0.717) is 0 Å². The van der Waals surface area contributed by atoms with E-state index >= 15 is 0 Å². The zero-order valence-corrected chi connectivity index (χ0v) is 16.9. The van der Waals surface area contributed by atoms with Crippen molar-refractivity contribution in [2.75, 3.05) is 26.2 Å². The molecule has 0 aliphatic carbocycles. The summed E-state index contributed by atoms with van der Waals surface area (Å²) < 4.78 is 0. The molecule has 2 aromatic rings. The molecule has 0 radical (unpaired) electrons. The van der Waals surface area contributed by atoms with Crippen LogP contribution in [0, 0.1) is 13.8 Å². The molecule has 0 spiro atoms. The van der Waals surface area contributed by atoms with E-state index in [0.717, 1.165) is 37.6 Å². The van der Waals surface area contributed by atoms with Gasteiger partial charge in [-0.1, -0.05) is 39.8 Å². The summed E-state index contributed by atoms with van der Waals surface area (Å²) in [5.74, 6) is 0. The second-order valence-corrected chi connectivity index (χ2v) is 4.06. The van der Waals surface area contributed by atoms with Crippen LogP contribution in [-0.4, -0.2) is 36.4 Å². The number of nitrogens with zero attached hydrogens (tertiary/aromatic N) is 6. The number of hydrogen-bond donors (Lipinski definition) is 0. The summed E-state index contributed by atoms with van der Waals surface area (Å²) in [5, 5.41) is 22.4. The van der Waals surface area contributed by atoms with Crippen LogP contribution >= 0.6 is 0 Å². The fourth-order valence-corrected chi connectivity index (χ4v) is 1.05. The zero-order chi connectivity index (χ0) is 17.1. The molecule has 2 aromatic heterocycles. The maximum Gasteiger partial charge on any atom is 4.00 e. The van der Waals surface area contributed by atoms with Crippen molar-refractivity contribution in [3.05, 3.63) is 46.5 Å². The average Bonchev–Trinajstić information content (AvgIpc) is 3.16. The topological polar surface area (TPSA) is 82.2 Å². The fourth-order valence-electron chi connectivity index (χ4n) is 1.05. The molecular formula is C16H30N6Ti. The molecule has 23 heavy (non-hydrogen) atoms. The molecule has 0 bridgehead atoms. The van der Waals surface area contributed by atoms with Crippen LogP contribution in [0.4, 0.5) is 0 Å². The number of aryl methyl sites for hydroxylation is 2. The molecule has 0 aromatic carbocycles. The van der Waals surface area contributed by atoms with Gasteiger partial charge in [-0.15, -0.1) is 0 Å². The van der Waals surface area contributed by atoms with E-state index in [1.807, 2.05) is 53.7 Å². The molecule has 0 unspecified atom stereocenters. The molecular weight excluding hydrogens is 324 g/mol. The first-order chi connectivity index (χ1) is 10.6. The second kappa shape index (κ2) is 23.3. The normalized spacial score (nSPS) is 8.26. The van der Waals surface area contributed by atoms with Crippen molar-refractivity contribution in [1.29, 1.82) is 0 Å². The Bertz CT molecular complexity index is 333. The molecule has 0 fully saturated rings. The van der Waals surface area contributed by atoms with Gasteiger partial charge >= 0.3 is 21.7 Å². The maximum absolute atomic E-state index is 3.97. The van der Waals surface area contributed by atoms with E-state index in [4.69, 9.17) is 0 Å². The first-order valence-corrected chi connectivity index (χ1v) is 7.70. The molecule has 0 atom stereocenters. The minimum Gasteiger partial charge on any atom is -0.663 e. The van der Waals surface area contributed by atoms with Crippen LogP contribution in [0.5, 0.6) is 0 Å². The first-order valence-electron chi connectivity index (χ1n) is 7.70. The zero-order valence-electron chi connectivity index (χ0n) is 15.3. The smallest absolute Gasteiger partial charge is 0.663 e. The van der Waals surface area contributed by atoms with E-state index in [9.17, 15) is 0 Å². The van der Waals surface area contributed by atoms with Crippen LogP contribution in [0.2, 0.25) is 0 Å². The molecule has 0 aliphatic heterocycles. The van der Waals surface area contributed by atoms with Crippen LogP contribution in [-0.2, 0) is 21.7 Å². The Morgan fingerprint density at radius 1 is 0.739 bits per heavy atom. The van der Waals surface area contributed by atoms with Gasteiger partial charge in [-0.2, -0.15) is 38.6 Å². The van der Waals surface area contributed by atoms with Gasteiger partial charge < -0.3 is 31.0 Å². The average molecular weight is 354 g/mol. The minimum absolute atomic E-state index is 0. The Hall–Kier alpha value is -0.946. The predicted octanol–water partition coefficient (Wildman–Crippen LogP) is 3.49. The molecule has 128 valence electrons. The van der Waals surface area contributed by atoms with E-state index < -0.39 is 0 Å². The van der Waals surface area contributed by atoms with Crippen molar-refractivity contribution >= 4 is 0 Å². The van der Waals surface area contributed by atoms with Crippen LogP contribution in [0.3, 0.4) is 0 Å². The van der Waals surface area contributed by atoms with Crippen LogP contribution in [0.15, 0.2) is 24.5 Å². The molecule has 0 amide bonds. The molecule has 0 N–H and O–H groups in total. The van der Waals surface area contributed by atoms with Crippen LogP contribution in [0.25, 0.3) is 10.6 Å². The quantitative estimate of drug-likeness (QED) is 0.787. The third-order valence-electron chi connectivity index (χ3n) is 2.09. The molecule has 0 saturated carbocycles. The molecule has 2 heterocycles. The summed E-state index contributed by atoms with van der Waals surface area (Å²) in [6.07, 6.45) is 3.35. The van der Waals surface area contributed by atoms with E-state index in [1.165, 1.54) is 0 Å². The van der Waals surface area contributed by atoms with Gasteiger partial charge in [-0.3, -0.25) is 0 Å². The van der Waals surface area contributed by atoms with Crippen molar-refractivity contribution in [3.63, 3.8) is 0 Å². The monoisotopic (exact) mass is 354 g/mol. The minimum atomic E-state index is 0. The molecule has 2 rings (SSSR count). The summed E-state index contributed by atoms with van der Waals surface area (Å²) >= 11 is 0. The van der Waals surface area contributed by atoms with Gasteiger partial charge in [0.15, 0.2) is 0 Å². The summed E-state index contributed by atoms with van der Waals surface area (Å²) in [5.41, 5.74) is 1.96. The first kappa shape index (κ1) is 26.9. The van der Waals surface area contributed by atoms with E-state index in [2.05, 4.69) is 31.0 Å². The Morgan fingerprint density at radius 2 is 1.04 bits per heavy atom. The third-order valence-corrected chi connectivity index (χ3v) is 2.09. The largest absolute Gasteiger partial charge is 4.00 e. The molecule has 7 heteroatoms. The van der Waals surface area contributed by atoms with Gasteiger partial charge in [-0.05, 0) is 13.8 Å². The second-order valence-electron chi connectivity index (χ2n) is 4.06. The Morgan fingerprint density at radius 3 is 1.09 bits per heavy atom. The van der Waals surface area contributed by atoms with Gasteiger partial charge in [-0.25, -0.2) is 0 Å². The molecule has 0 aliphatic rings. The molecule has 0 saturated heterocycles. The standard InChI is InChI=1S/2C4H5N2.2C4H10N.Ti/c2*1-4-2-3-5-6-4;2*1-3-5-4-2;/h2*2-3H,1H3;2*3-4H2,1-2H3;/q4*-1;+4. The Kier molecular flexibility index (Phi) is 27.3. The summed E-state index contributed by atoms with van der Waals surface area (Å²) in [4.78, 5) is 0. The van der Waals surface area contributed by atoms with E-state index in [1.54, 1.807) is 12.4 Å². The summed E-state index contributed by atoms with van der Waals surface area (Å²) in [6.45, 7) is 15.9. The summed E-state index contributed by atoms with van der Waals surface area (Å²) in [7, 11) is 0. The van der Waals surface area contributed by atoms with Crippen molar-refractivity contribution in [1.82, 2.24) is 20.4 Å². The van der Waals surface area contributed by atoms with E-state index in [-0.39, 0.29) is 21.7 Å². The Balaban J connectivity index is -0.000000230. The van der Waals surface area contributed by atoms with Gasteiger partial charge in [0.2, 0.25) is 0 Å². The SMILES string of the molecule is CC[N-]CC.CC[N-]CC.Cc1cc[n-]n1.Cc1cc[n-]n1.[Ti+4]. The van der Waals surface area contributed by atoms with Crippen molar-refractivity contribution in [2.45, 2.75) is 41.5 Å². The number of hydrogen-bond acceptors (Lipinski definition) is 2. The van der Waals surface area contributed by atoms with Crippen molar-refractivity contribution in [2.24, 2.45) is 0 Å². The van der Waals surface area contributed by atoms with Crippen molar-refractivity contribution < 1.29 is 21.7 Å². The van der Waals surface area contributed by atoms with Gasteiger partial charge in [0, 0.05) is 11.4 Å². The number of aromatic nitrogens is 4. The fraction of sp³-hybridized carbons (Fsp3) is 0.625. The third kappa shape index (κ3) is 26.3. The predicted molar refractivity (Wildman–Crippen MR) is 93.5 cm³/mol. The van der Waals surface area contributed by atoms with Gasteiger partial charge in [0.1, 0.15) is 0 Å². The maximum atomic E-state index is 3.97. The van der Waals surface area contributed by atoms with Crippen molar-refractivity contribution in [3.8, 4) is 0 Å². The van der Waals surface area contributed by atoms with Gasteiger partial charge in [0.05, 0.1) is 0 Å². The number of rotatable bonds is 4. The van der Waals surface area contributed by atoms with Crippen LogP contribution < -0.4 is 10.2 Å². The molecule has 6 nitrogen and oxygen atoms in total.